The third kappa shape index (κ3) is 2.66. The number of hydrogen-bond acceptors (Lipinski definition) is 0. The zero-order chi connectivity index (χ0) is 15.9. The van der Waals surface area contributed by atoms with Gasteiger partial charge >= 0.3 is 0 Å². The number of aromatic nitrogens is 2. The average Bonchev–Trinajstić information content (AvgIpc) is 2.72. The Bertz CT molecular complexity index is 747. The molecule has 0 amide bonds. The smallest absolute Gasteiger partial charge is 0.229 e. The number of benzene rings is 2. The first-order valence-corrected chi connectivity index (χ1v) is 8.65. The summed E-state index contributed by atoms with van der Waals surface area (Å²) in [4.78, 5) is 0. The number of imidazole rings is 1. The molecule has 1 heterocycles. The highest BCUT2D eigenvalue weighted by atomic mass is 79.9. The molecule has 0 bridgehead atoms. The molecule has 3 rings (SSSR count). The molecule has 0 aliphatic rings. The van der Waals surface area contributed by atoms with Crippen molar-refractivity contribution in [3.8, 4) is 22.6 Å². The first-order valence-electron chi connectivity index (χ1n) is 7.06. The lowest BCUT2D eigenvalue weighted by atomic mass is 10.1. The third-order valence-corrected chi connectivity index (χ3v) is 5.09. The van der Waals surface area contributed by atoms with Crippen LogP contribution in [-0.2, 0) is 14.1 Å². The van der Waals surface area contributed by atoms with Gasteiger partial charge in [-0.1, -0.05) is 31.9 Å². The van der Waals surface area contributed by atoms with Crippen LogP contribution < -0.4 is 4.57 Å². The molecule has 1 aromatic heterocycles. The van der Waals surface area contributed by atoms with Gasteiger partial charge in [-0.25, -0.2) is 9.13 Å². The van der Waals surface area contributed by atoms with Crippen molar-refractivity contribution in [3.63, 3.8) is 0 Å². The van der Waals surface area contributed by atoms with Crippen molar-refractivity contribution in [1.29, 1.82) is 0 Å². The lowest BCUT2D eigenvalue weighted by molar-refractivity contribution is -0.648. The third-order valence-electron chi connectivity index (χ3n) is 4.04. The fraction of sp³-hybridized carbons (Fsp3) is 0.167. The van der Waals surface area contributed by atoms with Gasteiger partial charge in [-0.05, 0) is 48.5 Å². The zero-order valence-corrected chi connectivity index (χ0v) is 15.9. The Morgan fingerprint density at radius 1 is 0.818 bits per heavy atom. The Morgan fingerprint density at radius 2 is 1.27 bits per heavy atom. The van der Waals surface area contributed by atoms with Crippen LogP contribution in [-0.4, -0.2) is 4.57 Å². The predicted molar refractivity (Wildman–Crippen MR) is 97.6 cm³/mol. The van der Waals surface area contributed by atoms with Crippen LogP contribution in [0.4, 0.5) is 0 Å². The molecule has 0 N–H and O–H groups in total. The summed E-state index contributed by atoms with van der Waals surface area (Å²) in [5.74, 6) is 1.20. The summed E-state index contributed by atoms with van der Waals surface area (Å²) in [5, 5.41) is 0. The van der Waals surface area contributed by atoms with Gasteiger partial charge in [-0.3, -0.25) is 0 Å². The largest absolute Gasteiger partial charge is 0.289 e. The molecule has 0 atom stereocenters. The predicted octanol–water partition coefficient (Wildman–Crippen LogP) is 5.02. The van der Waals surface area contributed by atoms with Gasteiger partial charge in [0.15, 0.2) is 5.69 Å². The van der Waals surface area contributed by atoms with Crippen molar-refractivity contribution < 1.29 is 4.57 Å². The van der Waals surface area contributed by atoms with E-state index in [4.69, 9.17) is 0 Å². The first-order chi connectivity index (χ1) is 10.5. The zero-order valence-electron chi connectivity index (χ0n) is 12.8. The minimum atomic E-state index is 1.10. The summed E-state index contributed by atoms with van der Waals surface area (Å²) in [6, 6.07) is 16.9. The molecular formula is C18H17Br2N2+. The highest BCUT2D eigenvalue weighted by molar-refractivity contribution is 9.10. The fourth-order valence-electron chi connectivity index (χ4n) is 2.89. The van der Waals surface area contributed by atoms with Crippen LogP contribution in [0.5, 0.6) is 0 Å². The molecule has 0 radical (unpaired) electrons. The lowest BCUT2D eigenvalue weighted by Gasteiger charge is -2.01. The maximum absolute atomic E-state index is 3.50. The average molecular weight is 421 g/mol. The van der Waals surface area contributed by atoms with Crippen LogP contribution in [0.25, 0.3) is 22.6 Å². The van der Waals surface area contributed by atoms with E-state index in [0.29, 0.717) is 0 Å². The highest BCUT2D eigenvalue weighted by Crippen LogP contribution is 2.27. The second kappa shape index (κ2) is 6.01. The molecule has 0 unspecified atom stereocenters. The maximum Gasteiger partial charge on any atom is 0.289 e. The first kappa shape index (κ1) is 15.5. The van der Waals surface area contributed by atoms with Gasteiger partial charge in [0.1, 0.15) is 5.69 Å². The van der Waals surface area contributed by atoms with Crippen molar-refractivity contribution in [2.24, 2.45) is 14.1 Å². The van der Waals surface area contributed by atoms with Crippen molar-refractivity contribution >= 4 is 31.9 Å². The molecule has 0 aliphatic heterocycles. The van der Waals surface area contributed by atoms with E-state index in [1.807, 2.05) is 0 Å². The number of hydrogen-bond donors (Lipinski definition) is 0. The van der Waals surface area contributed by atoms with E-state index in [2.05, 4.69) is 111 Å². The number of halogens is 2. The molecule has 0 spiro atoms. The Morgan fingerprint density at radius 3 is 1.77 bits per heavy atom. The van der Waals surface area contributed by atoms with Crippen LogP contribution >= 0.6 is 31.9 Å². The Balaban J connectivity index is 2.20. The molecule has 2 nitrogen and oxygen atoms in total. The molecule has 112 valence electrons. The molecule has 0 saturated carbocycles. The van der Waals surface area contributed by atoms with E-state index in [1.54, 1.807) is 0 Å². The molecule has 3 aromatic rings. The summed E-state index contributed by atoms with van der Waals surface area (Å²) in [7, 11) is 4.25. The minimum Gasteiger partial charge on any atom is -0.229 e. The molecule has 0 fully saturated rings. The summed E-state index contributed by atoms with van der Waals surface area (Å²) in [6.07, 6.45) is 0. The number of rotatable bonds is 2. The van der Waals surface area contributed by atoms with Crippen LogP contribution in [0.1, 0.15) is 5.69 Å². The second-order valence-electron chi connectivity index (χ2n) is 5.39. The van der Waals surface area contributed by atoms with E-state index < -0.39 is 0 Å². The van der Waals surface area contributed by atoms with Crippen molar-refractivity contribution in [2.45, 2.75) is 6.92 Å². The standard InChI is InChI=1S/C18H17Br2N2/c1-12-17(13-4-8-15(19)9-5-13)22(3)18(21(12)2)14-6-10-16(20)11-7-14/h4-11H,1-3H3/q+1. The van der Waals surface area contributed by atoms with Gasteiger partial charge < -0.3 is 0 Å². The monoisotopic (exact) mass is 419 g/mol. The molecule has 4 heteroatoms. The summed E-state index contributed by atoms with van der Waals surface area (Å²) in [6.45, 7) is 2.17. The molecule has 0 saturated heterocycles. The molecular weight excluding hydrogens is 404 g/mol. The van der Waals surface area contributed by atoms with E-state index in [0.717, 1.165) is 8.95 Å². The van der Waals surface area contributed by atoms with Crippen LogP contribution in [0, 0.1) is 6.92 Å². The summed E-state index contributed by atoms with van der Waals surface area (Å²) >= 11 is 7.00. The normalized spacial score (nSPS) is 11.0. The SMILES string of the molecule is Cc1c(-c2ccc(Br)cc2)[n+](C)c(-c2ccc(Br)cc2)n1C. The number of nitrogens with zero attached hydrogens (tertiary/aromatic N) is 2. The summed E-state index contributed by atoms with van der Waals surface area (Å²) < 4.78 is 6.71. The van der Waals surface area contributed by atoms with Crippen LogP contribution in [0.2, 0.25) is 0 Å². The molecule has 0 aliphatic carbocycles. The second-order valence-corrected chi connectivity index (χ2v) is 7.22. The van der Waals surface area contributed by atoms with Gasteiger partial charge in [0.05, 0.1) is 19.7 Å². The Labute approximate surface area is 147 Å². The van der Waals surface area contributed by atoms with Gasteiger partial charge in [0, 0.05) is 21.4 Å². The molecule has 2 aromatic carbocycles. The van der Waals surface area contributed by atoms with E-state index in [-0.39, 0.29) is 0 Å². The van der Waals surface area contributed by atoms with E-state index >= 15 is 0 Å². The minimum absolute atomic E-state index is 1.10. The van der Waals surface area contributed by atoms with Crippen molar-refractivity contribution in [1.82, 2.24) is 4.57 Å². The quantitative estimate of drug-likeness (QED) is 0.515. The van der Waals surface area contributed by atoms with Gasteiger partial charge in [0.25, 0.3) is 5.82 Å². The van der Waals surface area contributed by atoms with Crippen molar-refractivity contribution in [3.05, 3.63) is 63.2 Å². The molecule has 22 heavy (non-hydrogen) atoms. The topological polar surface area (TPSA) is 8.81 Å². The van der Waals surface area contributed by atoms with E-state index in [1.165, 1.54) is 28.3 Å². The van der Waals surface area contributed by atoms with Crippen LogP contribution in [0.3, 0.4) is 0 Å². The highest BCUT2D eigenvalue weighted by Gasteiger charge is 2.25. The van der Waals surface area contributed by atoms with Gasteiger partial charge in [0.2, 0.25) is 0 Å². The van der Waals surface area contributed by atoms with Gasteiger partial charge in [-0.2, -0.15) is 0 Å². The Hall–Kier alpha value is -1.39. The summed E-state index contributed by atoms with van der Waals surface area (Å²) in [5.41, 5.74) is 4.93. The maximum atomic E-state index is 3.50. The van der Waals surface area contributed by atoms with Crippen molar-refractivity contribution in [2.75, 3.05) is 0 Å². The van der Waals surface area contributed by atoms with Gasteiger partial charge in [-0.15, -0.1) is 0 Å². The van der Waals surface area contributed by atoms with Crippen LogP contribution in [0.15, 0.2) is 57.5 Å². The fourth-order valence-corrected chi connectivity index (χ4v) is 3.42. The lowest BCUT2D eigenvalue weighted by Crippen LogP contribution is -2.32. The van der Waals surface area contributed by atoms with E-state index in [9.17, 15) is 0 Å². The Kier molecular flexibility index (Phi) is 4.24.